The quantitative estimate of drug-likeness (QED) is 0.617. The van der Waals surface area contributed by atoms with Crippen molar-refractivity contribution in [3.8, 4) is 17.0 Å². The second-order valence-electron chi connectivity index (χ2n) is 6.00. The number of hydrogen-bond acceptors (Lipinski definition) is 5. The molecule has 3 rings (SSSR count). The molecular formula is C20H22N2O3S2. The topological polar surface area (TPSA) is 68.3 Å². The average molecular weight is 403 g/mol. The van der Waals surface area contributed by atoms with Crippen molar-refractivity contribution in [1.29, 1.82) is 0 Å². The summed E-state index contributed by atoms with van der Waals surface area (Å²) in [5.74, 6) is 0.659. The number of benzene rings is 2. The minimum atomic E-state index is -3.52. The highest BCUT2D eigenvalue weighted by molar-refractivity contribution is 7.89. The molecule has 0 saturated heterocycles. The molecule has 7 heteroatoms. The maximum Gasteiger partial charge on any atom is 0.240 e. The zero-order valence-electron chi connectivity index (χ0n) is 15.3. The van der Waals surface area contributed by atoms with Gasteiger partial charge in [-0.1, -0.05) is 24.3 Å². The Bertz CT molecular complexity index is 979. The summed E-state index contributed by atoms with van der Waals surface area (Å²) >= 11 is 1.63. The summed E-state index contributed by atoms with van der Waals surface area (Å²) in [6.45, 7) is 4.76. The van der Waals surface area contributed by atoms with Gasteiger partial charge in [0.25, 0.3) is 0 Å². The number of hydrogen-bond donors (Lipinski definition) is 1. The van der Waals surface area contributed by atoms with Gasteiger partial charge in [-0.05, 0) is 50.1 Å². The van der Waals surface area contributed by atoms with Gasteiger partial charge in [-0.3, -0.25) is 0 Å². The lowest BCUT2D eigenvalue weighted by Gasteiger charge is -2.08. The van der Waals surface area contributed by atoms with Crippen molar-refractivity contribution in [2.75, 3.05) is 13.2 Å². The molecule has 142 valence electrons. The van der Waals surface area contributed by atoms with E-state index in [0.717, 1.165) is 21.8 Å². The number of nitrogens with one attached hydrogen (secondary N) is 1. The molecule has 5 nitrogen and oxygen atoms in total. The summed E-state index contributed by atoms with van der Waals surface area (Å²) in [6.07, 6.45) is 0.618. The average Bonchev–Trinajstić information content (AvgIpc) is 3.09. The van der Waals surface area contributed by atoms with E-state index in [1.165, 1.54) is 0 Å². The van der Waals surface area contributed by atoms with Gasteiger partial charge in [0.15, 0.2) is 0 Å². The molecule has 0 aliphatic heterocycles. The van der Waals surface area contributed by atoms with Gasteiger partial charge in [0.1, 0.15) is 5.75 Å². The zero-order valence-corrected chi connectivity index (χ0v) is 16.9. The number of aromatic nitrogens is 1. The highest BCUT2D eigenvalue weighted by Crippen LogP contribution is 2.22. The predicted molar refractivity (Wildman–Crippen MR) is 109 cm³/mol. The molecule has 0 amide bonds. The minimum Gasteiger partial charge on any atom is -0.494 e. The lowest BCUT2D eigenvalue weighted by molar-refractivity contribution is 0.340. The third-order valence-corrected chi connectivity index (χ3v) is 6.27. The summed E-state index contributed by atoms with van der Waals surface area (Å²) < 4.78 is 32.7. The van der Waals surface area contributed by atoms with E-state index in [2.05, 4.69) is 9.71 Å². The van der Waals surface area contributed by atoms with E-state index < -0.39 is 10.0 Å². The molecule has 0 saturated carbocycles. The molecule has 0 spiro atoms. The van der Waals surface area contributed by atoms with Crippen molar-refractivity contribution in [3.05, 3.63) is 64.5 Å². The van der Waals surface area contributed by atoms with Crippen molar-refractivity contribution < 1.29 is 13.2 Å². The number of sulfonamides is 1. The molecule has 2 aromatic carbocycles. The molecule has 0 atom stereocenters. The summed E-state index contributed by atoms with van der Waals surface area (Å²) in [7, 11) is -3.52. The molecule has 0 aliphatic carbocycles. The Kier molecular flexibility index (Phi) is 6.26. The zero-order chi connectivity index (χ0) is 19.3. The maximum atomic E-state index is 12.4. The van der Waals surface area contributed by atoms with Crippen molar-refractivity contribution >= 4 is 21.4 Å². The fourth-order valence-electron chi connectivity index (χ4n) is 2.63. The number of nitrogens with zero attached hydrogens (tertiary/aromatic N) is 1. The first-order chi connectivity index (χ1) is 13.0. The van der Waals surface area contributed by atoms with E-state index in [0.29, 0.717) is 25.3 Å². The van der Waals surface area contributed by atoms with Gasteiger partial charge in [0, 0.05) is 17.5 Å². The minimum absolute atomic E-state index is 0.236. The number of rotatable bonds is 8. The fraction of sp³-hybridized carbons (Fsp3) is 0.250. The first-order valence-corrected chi connectivity index (χ1v) is 11.1. The predicted octanol–water partition coefficient (Wildman–Crippen LogP) is 4.04. The summed E-state index contributed by atoms with van der Waals surface area (Å²) in [4.78, 5) is 4.71. The maximum absolute atomic E-state index is 12.4. The first-order valence-electron chi connectivity index (χ1n) is 8.72. The standard InChI is InChI=1S/C20H22N2O3S2/c1-3-25-18-8-10-19(11-9-18)27(23,24)21-13-12-16-4-6-17(7-5-16)20-14-26-15(2)22-20/h4-11,14,21H,3,12-13H2,1-2H3. The molecule has 1 heterocycles. The van der Waals surface area contributed by atoms with Crippen LogP contribution in [0, 0.1) is 6.92 Å². The Labute approximate surface area is 164 Å². The smallest absolute Gasteiger partial charge is 0.240 e. The van der Waals surface area contributed by atoms with Crippen molar-refractivity contribution in [2.24, 2.45) is 0 Å². The van der Waals surface area contributed by atoms with Crippen molar-refractivity contribution in [2.45, 2.75) is 25.2 Å². The first kappa shape index (κ1) is 19.5. The largest absolute Gasteiger partial charge is 0.494 e. The van der Waals surface area contributed by atoms with E-state index >= 15 is 0 Å². The number of aryl methyl sites for hydroxylation is 1. The molecule has 0 bridgehead atoms. The van der Waals surface area contributed by atoms with Crippen LogP contribution >= 0.6 is 11.3 Å². The normalized spacial score (nSPS) is 11.5. The molecular weight excluding hydrogens is 380 g/mol. The lowest BCUT2D eigenvalue weighted by atomic mass is 10.1. The van der Waals surface area contributed by atoms with Crippen LogP contribution in [0.15, 0.2) is 58.8 Å². The summed E-state index contributed by atoms with van der Waals surface area (Å²) in [5, 5.41) is 3.08. The van der Waals surface area contributed by atoms with E-state index in [1.54, 1.807) is 35.6 Å². The van der Waals surface area contributed by atoms with Gasteiger partial charge in [-0.25, -0.2) is 18.1 Å². The van der Waals surface area contributed by atoms with Crippen molar-refractivity contribution in [3.63, 3.8) is 0 Å². The Morgan fingerprint density at radius 1 is 1.07 bits per heavy atom. The monoisotopic (exact) mass is 402 g/mol. The van der Waals surface area contributed by atoms with Crippen LogP contribution in [0.4, 0.5) is 0 Å². The Morgan fingerprint density at radius 3 is 2.37 bits per heavy atom. The van der Waals surface area contributed by atoms with E-state index in [-0.39, 0.29) is 4.90 Å². The van der Waals surface area contributed by atoms with Gasteiger partial charge in [-0.2, -0.15) is 0 Å². The second kappa shape index (κ2) is 8.65. The summed E-state index contributed by atoms with van der Waals surface area (Å²) in [6, 6.07) is 14.5. The summed E-state index contributed by atoms with van der Waals surface area (Å²) in [5.41, 5.74) is 3.11. The Morgan fingerprint density at radius 2 is 1.78 bits per heavy atom. The molecule has 3 aromatic rings. The second-order valence-corrected chi connectivity index (χ2v) is 8.83. The molecule has 0 aliphatic rings. The fourth-order valence-corrected chi connectivity index (χ4v) is 4.29. The third-order valence-electron chi connectivity index (χ3n) is 4.02. The van der Waals surface area contributed by atoms with Crippen molar-refractivity contribution in [1.82, 2.24) is 9.71 Å². The number of ether oxygens (including phenoxy) is 1. The highest BCUT2D eigenvalue weighted by Gasteiger charge is 2.13. The molecule has 0 fully saturated rings. The third kappa shape index (κ3) is 5.15. The molecule has 1 aromatic heterocycles. The van der Waals surface area contributed by atoms with Crippen LogP contribution in [-0.4, -0.2) is 26.6 Å². The van der Waals surface area contributed by atoms with E-state index in [9.17, 15) is 8.42 Å². The Hall–Kier alpha value is -2.22. The SMILES string of the molecule is CCOc1ccc(S(=O)(=O)NCCc2ccc(-c3csc(C)n3)cc2)cc1. The van der Waals surface area contributed by atoms with Crippen LogP contribution < -0.4 is 9.46 Å². The van der Waals surface area contributed by atoms with Gasteiger partial charge in [0.2, 0.25) is 10.0 Å². The Balaban J connectivity index is 1.56. The lowest BCUT2D eigenvalue weighted by Crippen LogP contribution is -2.25. The number of thiazole rings is 1. The van der Waals surface area contributed by atoms with Crippen LogP contribution in [0.2, 0.25) is 0 Å². The molecule has 0 unspecified atom stereocenters. The van der Waals surface area contributed by atoms with Gasteiger partial charge in [-0.15, -0.1) is 11.3 Å². The van der Waals surface area contributed by atoms with Gasteiger partial charge in [0.05, 0.1) is 22.2 Å². The van der Waals surface area contributed by atoms with E-state index in [4.69, 9.17) is 4.74 Å². The van der Waals surface area contributed by atoms with Crippen LogP contribution in [0.25, 0.3) is 11.3 Å². The van der Waals surface area contributed by atoms with Crippen LogP contribution in [0.1, 0.15) is 17.5 Å². The van der Waals surface area contributed by atoms with Gasteiger partial charge >= 0.3 is 0 Å². The van der Waals surface area contributed by atoms with Crippen LogP contribution in [0.5, 0.6) is 5.75 Å². The molecule has 1 N–H and O–H groups in total. The van der Waals surface area contributed by atoms with Crippen LogP contribution in [-0.2, 0) is 16.4 Å². The van der Waals surface area contributed by atoms with Gasteiger partial charge < -0.3 is 4.74 Å². The van der Waals surface area contributed by atoms with Crippen LogP contribution in [0.3, 0.4) is 0 Å². The highest BCUT2D eigenvalue weighted by atomic mass is 32.2. The molecule has 27 heavy (non-hydrogen) atoms. The van der Waals surface area contributed by atoms with E-state index in [1.807, 2.05) is 43.5 Å². The molecule has 0 radical (unpaired) electrons.